The van der Waals surface area contributed by atoms with Crippen LogP contribution in [0, 0.1) is 13.8 Å². The zero-order valence-corrected chi connectivity index (χ0v) is 12.3. The Morgan fingerprint density at radius 2 is 1.14 bits per heavy atom. The van der Waals surface area contributed by atoms with Crippen LogP contribution in [0.5, 0.6) is 0 Å². The first kappa shape index (κ1) is 14.2. The summed E-state index contributed by atoms with van der Waals surface area (Å²) in [6.07, 6.45) is 0. The lowest BCUT2D eigenvalue weighted by Crippen LogP contribution is -1.98. The van der Waals surface area contributed by atoms with Crippen molar-refractivity contribution in [2.24, 2.45) is 0 Å². The minimum absolute atomic E-state index is 0.716. The molecule has 0 heterocycles. The average molecular weight is 286 g/mol. The van der Waals surface area contributed by atoms with Crippen LogP contribution in [0.3, 0.4) is 0 Å². The van der Waals surface area contributed by atoms with Gasteiger partial charge in [-0.3, -0.25) is 0 Å². The maximum atomic E-state index is 6.18. The molecular formula is C20H18N2. The molecule has 0 saturated heterocycles. The fourth-order valence-corrected chi connectivity index (χ4v) is 2.69. The van der Waals surface area contributed by atoms with Crippen molar-refractivity contribution in [3.05, 3.63) is 85.6 Å². The number of anilines is 2. The molecular weight excluding hydrogens is 268 g/mol. The second kappa shape index (κ2) is 5.57. The lowest BCUT2D eigenvalue weighted by atomic mass is 9.87. The largest absolute Gasteiger partial charge is 0.398 e. The van der Waals surface area contributed by atoms with E-state index in [1.807, 2.05) is 60.7 Å². The van der Waals surface area contributed by atoms with Gasteiger partial charge in [-0.25, -0.2) is 0 Å². The van der Waals surface area contributed by atoms with Crippen molar-refractivity contribution in [3.8, 4) is 22.3 Å². The van der Waals surface area contributed by atoms with Gasteiger partial charge in [0.2, 0.25) is 0 Å². The Bertz CT molecular complexity index is 835. The molecule has 2 nitrogen and oxygen atoms in total. The smallest absolute Gasteiger partial charge is 0.0394 e. The molecule has 0 saturated carbocycles. The van der Waals surface area contributed by atoms with Crippen molar-refractivity contribution in [1.29, 1.82) is 0 Å². The molecule has 3 aromatic carbocycles. The Balaban J connectivity index is 2.36. The van der Waals surface area contributed by atoms with Crippen molar-refractivity contribution in [3.63, 3.8) is 0 Å². The molecule has 0 bridgehead atoms. The number of nitrogens with two attached hydrogens (primary N) is 2. The van der Waals surface area contributed by atoms with E-state index in [4.69, 9.17) is 11.5 Å². The van der Waals surface area contributed by atoms with Gasteiger partial charge in [0.1, 0.15) is 0 Å². The van der Waals surface area contributed by atoms with Crippen molar-refractivity contribution in [1.82, 2.24) is 0 Å². The third-order valence-electron chi connectivity index (χ3n) is 3.89. The molecule has 3 rings (SSSR count). The van der Waals surface area contributed by atoms with E-state index in [9.17, 15) is 0 Å². The first-order chi connectivity index (χ1) is 10.6. The van der Waals surface area contributed by atoms with Gasteiger partial charge >= 0.3 is 0 Å². The van der Waals surface area contributed by atoms with Gasteiger partial charge in [0.25, 0.3) is 0 Å². The van der Waals surface area contributed by atoms with Crippen molar-refractivity contribution in [2.45, 2.75) is 0 Å². The zero-order valence-electron chi connectivity index (χ0n) is 12.3. The van der Waals surface area contributed by atoms with Crippen LogP contribution in [0.2, 0.25) is 0 Å². The van der Waals surface area contributed by atoms with Gasteiger partial charge in [0, 0.05) is 22.5 Å². The van der Waals surface area contributed by atoms with Gasteiger partial charge in [-0.15, -0.1) is 0 Å². The fraction of sp³-hybridized carbons (Fsp3) is 0. The molecule has 3 aromatic rings. The molecule has 0 fully saturated rings. The maximum Gasteiger partial charge on any atom is 0.0394 e. The summed E-state index contributed by atoms with van der Waals surface area (Å²) in [5.41, 5.74) is 19.5. The highest BCUT2D eigenvalue weighted by Gasteiger charge is 2.15. The van der Waals surface area contributed by atoms with Crippen LogP contribution in [0.4, 0.5) is 11.4 Å². The summed E-state index contributed by atoms with van der Waals surface area (Å²) < 4.78 is 0. The van der Waals surface area contributed by atoms with Gasteiger partial charge in [-0.05, 0) is 48.2 Å². The van der Waals surface area contributed by atoms with Crippen LogP contribution >= 0.6 is 0 Å². The van der Waals surface area contributed by atoms with Gasteiger partial charge in [-0.1, -0.05) is 48.5 Å². The van der Waals surface area contributed by atoms with Gasteiger partial charge < -0.3 is 11.5 Å². The van der Waals surface area contributed by atoms with E-state index in [1.54, 1.807) is 0 Å². The first-order valence-corrected chi connectivity index (χ1v) is 7.10. The van der Waals surface area contributed by atoms with E-state index < -0.39 is 0 Å². The van der Waals surface area contributed by atoms with Crippen molar-refractivity contribution in [2.75, 3.05) is 11.5 Å². The van der Waals surface area contributed by atoms with Gasteiger partial charge in [0.15, 0.2) is 0 Å². The standard InChI is InChI=1S/C20H18N2/c1-13-11-12-16(15-7-3-5-9-18(15)21)20(14(13)2)17-8-4-6-10-19(17)22/h3-12H,1-2,21-22H2. The van der Waals surface area contributed by atoms with E-state index in [-0.39, 0.29) is 0 Å². The number of rotatable bonds is 2. The second-order valence-corrected chi connectivity index (χ2v) is 5.30. The van der Waals surface area contributed by atoms with Crippen LogP contribution < -0.4 is 11.5 Å². The molecule has 2 radical (unpaired) electrons. The van der Waals surface area contributed by atoms with Crippen LogP contribution in [0.15, 0.2) is 60.7 Å². The van der Waals surface area contributed by atoms with Crippen LogP contribution in [-0.4, -0.2) is 0 Å². The van der Waals surface area contributed by atoms with E-state index in [0.29, 0.717) is 5.69 Å². The van der Waals surface area contributed by atoms with Crippen LogP contribution in [-0.2, 0) is 0 Å². The second-order valence-electron chi connectivity index (χ2n) is 5.30. The predicted molar refractivity (Wildman–Crippen MR) is 95.1 cm³/mol. The number of para-hydroxylation sites is 2. The number of nitrogen functional groups attached to an aromatic ring is 2. The minimum Gasteiger partial charge on any atom is -0.398 e. The molecule has 2 heteroatoms. The topological polar surface area (TPSA) is 52.0 Å². The Morgan fingerprint density at radius 1 is 0.591 bits per heavy atom. The molecule has 22 heavy (non-hydrogen) atoms. The van der Waals surface area contributed by atoms with E-state index >= 15 is 0 Å². The zero-order chi connectivity index (χ0) is 15.7. The number of benzene rings is 3. The summed E-state index contributed by atoms with van der Waals surface area (Å²) in [6, 6.07) is 19.6. The lowest BCUT2D eigenvalue weighted by Gasteiger charge is -2.18. The third kappa shape index (κ3) is 2.33. The fourth-order valence-electron chi connectivity index (χ4n) is 2.69. The third-order valence-corrected chi connectivity index (χ3v) is 3.89. The Hall–Kier alpha value is -2.74. The maximum absolute atomic E-state index is 6.18. The highest BCUT2D eigenvalue weighted by Crippen LogP contribution is 2.40. The summed E-state index contributed by atoms with van der Waals surface area (Å²) >= 11 is 0. The summed E-state index contributed by atoms with van der Waals surface area (Å²) in [7, 11) is 0. The van der Waals surface area contributed by atoms with E-state index in [2.05, 4.69) is 13.8 Å². The first-order valence-electron chi connectivity index (χ1n) is 7.10. The molecule has 0 amide bonds. The monoisotopic (exact) mass is 286 g/mol. The van der Waals surface area contributed by atoms with Crippen molar-refractivity contribution < 1.29 is 0 Å². The Labute approximate surface area is 131 Å². The highest BCUT2D eigenvalue weighted by molar-refractivity contribution is 5.94. The van der Waals surface area contributed by atoms with E-state index in [1.165, 1.54) is 0 Å². The molecule has 0 aliphatic heterocycles. The van der Waals surface area contributed by atoms with Crippen LogP contribution in [0.25, 0.3) is 22.3 Å². The average Bonchev–Trinajstić information content (AvgIpc) is 2.52. The summed E-state index contributed by atoms with van der Waals surface area (Å²) in [4.78, 5) is 0. The Morgan fingerprint density at radius 3 is 1.73 bits per heavy atom. The molecule has 0 atom stereocenters. The molecule has 108 valence electrons. The quantitative estimate of drug-likeness (QED) is 0.679. The Kier molecular flexibility index (Phi) is 3.60. The minimum atomic E-state index is 0.716. The van der Waals surface area contributed by atoms with E-state index in [0.717, 1.165) is 39.1 Å². The summed E-state index contributed by atoms with van der Waals surface area (Å²) in [6.45, 7) is 8.25. The molecule has 4 N–H and O–H groups in total. The molecule has 0 aromatic heterocycles. The molecule has 0 aliphatic rings. The summed E-state index contributed by atoms with van der Waals surface area (Å²) in [5.74, 6) is 0. The normalized spacial score (nSPS) is 10.6. The summed E-state index contributed by atoms with van der Waals surface area (Å²) in [5, 5.41) is 0. The van der Waals surface area contributed by atoms with Gasteiger partial charge in [0.05, 0.1) is 0 Å². The number of hydrogen-bond acceptors (Lipinski definition) is 2. The predicted octanol–water partition coefficient (Wildman–Crippen LogP) is 4.55. The number of hydrogen-bond donors (Lipinski definition) is 2. The van der Waals surface area contributed by atoms with Gasteiger partial charge in [-0.2, -0.15) is 0 Å². The lowest BCUT2D eigenvalue weighted by molar-refractivity contribution is 1.49. The molecule has 0 spiro atoms. The highest BCUT2D eigenvalue weighted by atomic mass is 14.6. The van der Waals surface area contributed by atoms with Crippen molar-refractivity contribution >= 4 is 11.4 Å². The van der Waals surface area contributed by atoms with Crippen LogP contribution in [0.1, 0.15) is 11.1 Å². The molecule has 0 aliphatic carbocycles. The SMILES string of the molecule is [CH2]c1ccc(-c2ccccc2N)c(-c2ccccc2N)c1[CH2]. The molecule has 0 unspecified atom stereocenters.